The molecule has 2 heterocycles. The zero-order chi connectivity index (χ0) is 19.6. The molecule has 9 heteroatoms. The second-order valence-corrected chi connectivity index (χ2v) is 7.26. The van der Waals surface area contributed by atoms with Gasteiger partial charge in [-0.2, -0.15) is 8.78 Å². The van der Waals surface area contributed by atoms with E-state index in [9.17, 15) is 18.0 Å². The monoisotopic (exact) mass is 399 g/mol. The number of hydrogen-bond acceptors (Lipinski definition) is 4. The number of carbonyl (C=O) groups excluding carboxylic acids is 1. The molecule has 1 amide bonds. The Kier molecular flexibility index (Phi) is 5.71. The largest absolute Gasteiger partial charge is 0.430 e. The first kappa shape index (κ1) is 19.6. The van der Waals surface area contributed by atoms with E-state index in [1.165, 1.54) is 18.0 Å². The van der Waals surface area contributed by atoms with E-state index in [2.05, 4.69) is 21.0 Å². The summed E-state index contributed by atoms with van der Waals surface area (Å²) in [6.07, 6.45) is -1.68. The summed E-state index contributed by atoms with van der Waals surface area (Å²) in [7, 11) is 0. The molecule has 2 aromatic rings. The van der Waals surface area contributed by atoms with E-state index >= 15 is 0 Å². The highest BCUT2D eigenvalue weighted by atomic mass is 32.2. The number of hydrogen-bond donors (Lipinski definition) is 2. The van der Waals surface area contributed by atoms with E-state index in [0.29, 0.717) is 30.9 Å². The number of nitrogens with zero attached hydrogens (tertiary/aromatic N) is 1. The first-order valence-corrected chi connectivity index (χ1v) is 9.35. The smallest absolute Gasteiger partial charge is 0.395 e. The number of carbonyl (C=O) groups is 1. The summed E-state index contributed by atoms with van der Waals surface area (Å²) < 4.78 is 47.6. The third kappa shape index (κ3) is 4.78. The van der Waals surface area contributed by atoms with Gasteiger partial charge in [-0.25, -0.2) is 4.39 Å². The van der Waals surface area contributed by atoms with Crippen LogP contribution >= 0.6 is 11.9 Å². The highest BCUT2D eigenvalue weighted by Crippen LogP contribution is 2.29. The Morgan fingerprint density at radius 2 is 2.26 bits per heavy atom. The van der Waals surface area contributed by atoms with Gasteiger partial charge in [0.1, 0.15) is 5.69 Å². The van der Waals surface area contributed by atoms with Crippen LogP contribution in [0.25, 0.3) is 10.9 Å². The average molecular weight is 399 g/mol. The van der Waals surface area contributed by atoms with Gasteiger partial charge < -0.3 is 14.6 Å². The number of alkyl halides is 2. The number of likely N-dealkylation sites (tertiary alicyclic amines) is 1. The molecule has 0 spiro atoms. The minimum absolute atomic E-state index is 0.152. The van der Waals surface area contributed by atoms with Crippen LogP contribution in [0, 0.1) is 5.82 Å². The molecule has 1 aromatic heterocycles. The van der Waals surface area contributed by atoms with Crippen molar-refractivity contribution < 1.29 is 22.7 Å². The fraction of sp³-hybridized carbons (Fsp3) is 0.389. The van der Waals surface area contributed by atoms with Crippen LogP contribution in [-0.2, 0) is 0 Å². The van der Waals surface area contributed by atoms with Crippen molar-refractivity contribution in [2.24, 2.45) is 0 Å². The Hall–Kier alpha value is -2.13. The molecule has 0 aliphatic carbocycles. The zero-order valence-electron chi connectivity index (χ0n) is 14.7. The number of aromatic amines is 1. The van der Waals surface area contributed by atoms with Gasteiger partial charge in [0.15, 0.2) is 11.6 Å². The third-order valence-electron chi connectivity index (χ3n) is 4.22. The van der Waals surface area contributed by atoms with Gasteiger partial charge >= 0.3 is 6.11 Å². The van der Waals surface area contributed by atoms with E-state index < -0.39 is 17.7 Å². The van der Waals surface area contributed by atoms with E-state index in [1.54, 1.807) is 10.3 Å². The molecule has 1 aliphatic heterocycles. The van der Waals surface area contributed by atoms with Crippen LogP contribution in [0.2, 0.25) is 0 Å². The average Bonchev–Trinajstić information content (AvgIpc) is 3.01. The maximum Gasteiger partial charge on any atom is 0.395 e. The van der Waals surface area contributed by atoms with E-state index in [4.69, 9.17) is 0 Å². The van der Waals surface area contributed by atoms with Gasteiger partial charge in [0, 0.05) is 43.0 Å². The number of nitrogens with one attached hydrogen (secondary N) is 2. The lowest BCUT2D eigenvalue weighted by molar-refractivity contribution is -0.160. The molecule has 27 heavy (non-hydrogen) atoms. The van der Waals surface area contributed by atoms with Gasteiger partial charge in [0.25, 0.3) is 5.91 Å². The van der Waals surface area contributed by atoms with Crippen molar-refractivity contribution in [1.82, 2.24) is 14.6 Å². The van der Waals surface area contributed by atoms with Crippen LogP contribution in [0.1, 0.15) is 30.3 Å². The summed E-state index contributed by atoms with van der Waals surface area (Å²) in [6, 6.07) is 3.89. The molecular weight excluding hydrogens is 379 g/mol. The first-order valence-electron chi connectivity index (χ1n) is 8.47. The molecule has 3 rings (SSSR count). The van der Waals surface area contributed by atoms with E-state index in [1.807, 2.05) is 0 Å². The molecule has 1 aliphatic rings. The number of aromatic nitrogens is 1. The highest BCUT2D eigenvalue weighted by molar-refractivity contribution is 8.00. The molecule has 0 bridgehead atoms. The third-order valence-corrected chi connectivity index (χ3v) is 4.86. The number of ether oxygens (including phenoxy) is 1. The summed E-state index contributed by atoms with van der Waals surface area (Å²) >= 11 is 1.39. The van der Waals surface area contributed by atoms with Gasteiger partial charge in [0.05, 0.1) is 0 Å². The number of fused-ring (bicyclic) bond motifs is 1. The first-order chi connectivity index (χ1) is 12.8. The number of H-pyrrole nitrogens is 1. The minimum Gasteiger partial charge on any atom is -0.430 e. The van der Waals surface area contributed by atoms with Gasteiger partial charge in [-0.05, 0) is 30.4 Å². The Bertz CT molecular complexity index is 850. The van der Waals surface area contributed by atoms with Gasteiger partial charge in [-0.1, -0.05) is 18.5 Å². The molecule has 0 unspecified atom stereocenters. The van der Waals surface area contributed by atoms with E-state index in [0.717, 1.165) is 25.0 Å². The topological polar surface area (TPSA) is 57.4 Å². The van der Waals surface area contributed by atoms with Crippen LogP contribution < -0.4 is 9.46 Å². The molecule has 0 radical (unpaired) electrons. The van der Waals surface area contributed by atoms with Gasteiger partial charge in [-0.3, -0.25) is 9.52 Å². The van der Waals surface area contributed by atoms with E-state index in [-0.39, 0.29) is 17.6 Å². The lowest BCUT2D eigenvalue weighted by Gasteiger charge is -2.32. The zero-order valence-corrected chi connectivity index (χ0v) is 15.5. The van der Waals surface area contributed by atoms with Crippen LogP contribution in [0.5, 0.6) is 5.75 Å². The normalized spacial score (nSPS) is 17.9. The summed E-state index contributed by atoms with van der Waals surface area (Å²) in [5, 5.41) is 2.11. The Labute approximate surface area is 159 Å². The summed E-state index contributed by atoms with van der Waals surface area (Å²) in [5.74, 6) is -1.70. The second-order valence-electron chi connectivity index (χ2n) is 6.46. The maximum absolute atomic E-state index is 14.0. The molecule has 1 atom stereocenters. The van der Waals surface area contributed by atoms with Crippen molar-refractivity contribution >= 4 is 28.8 Å². The Morgan fingerprint density at radius 1 is 1.48 bits per heavy atom. The Morgan fingerprint density at radius 3 is 2.96 bits per heavy atom. The number of rotatable bonds is 6. The predicted octanol–water partition coefficient (Wildman–Crippen LogP) is 4.28. The van der Waals surface area contributed by atoms with Crippen LogP contribution in [-0.4, -0.2) is 41.0 Å². The fourth-order valence-corrected chi connectivity index (χ4v) is 3.57. The number of piperidine rings is 1. The Balaban J connectivity index is 1.80. The quantitative estimate of drug-likeness (QED) is 0.712. The van der Waals surface area contributed by atoms with Crippen molar-refractivity contribution in [3.63, 3.8) is 0 Å². The van der Waals surface area contributed by atoms with Crippen LogP contribution in [0.3, 0.4) is 0 Å². The van der Waals surface area contributed by atoms with Crippen molar-refractivity contribution in [3.05, 3.63) is 41.7 Å². The van der Waals surface area contributed by atoms with Gasteiger partial charge in [0.2, 0.25) is 0 Å². The minimum atomic E-state index is -3.50. The van der Waals surface area contributed by atoms with Gasteiger partial charge in [-0.15, -0.1) is 0 Å². The maximum atomic E-state index is 14.0. The molecule has 1 aromatic carbocycles. The molecule has 2 N–H and O–H groups in total. The predicted molar refractivity (Wildman–Crippen MR) is 99.4 cm³/mol. The fourth-order valence-electron chi connectivity index (χ4n) is 3.09. The molecule has 0 saturated carbocycles. The SMILES string of the molecule is C=CSN[C@@H]1CCCN(C(=O)c2cc3cc(OC(C)(F)F)c(F)cc3[nH]2)C1. The number of benzene rings is 1. The lowest BCUT2D eigenvalue weighted by atomic mass is 10.1. The molecular formula is C18H20F3N3O2S. The van der Waals surface area contributed by atoms with Crippen LogP contribution in [0.4, 0.5) is 13.2 Å². The van der Waals surface area contributed by atoms with Crippen molar-refractivity contribution in [1.29, 1.82) is 0 Å². The molecule has 146 valence electrons. The van der Waals surface area contributed by atoms with Crippen molar-refractivity contribution in [3.8, 4) is 5.75 Å². The lowest BCUT2D eigenvalue weighted by Crippen LogP contribution is -2.46. The number of halogens is 3. The standard InChI is InChI=1S/C18H20F3N3O2S/c1-3-27-23-12-5-4-6-24(10-12)17(25)15-7-11-8-16(26-18(2,20)21)13(19)9-14(11)22-15/h3,7-9,12,22-23H,1,4-6,10H2,2H3/t12-/m1/s1. The molecule has 1 fully saturated rings. The summed E-state index contributed by atoms with van der Waals surface area (Å²) in [4.78, 5) is 17.4. The summed E-state index contributed by atoms with van der Waals surface area (Å²) in [5.41, 5.74) is 0.623. The number of amides is 1. The molecule has 5 nitrogen and oxygen atoms in total. The highest BCUT2D eigenvalue weighted by Gasteiger charge is 2.27. The summed E-state index contributed by atoms with van der Waals surface area (Å²) in [6.45, 7) is 5.33. The van der Waals surface area contributed by atoms with Crippen molar-refractivity contribution in [2.75, 3.05) is 13.1 Å². The molecule has 1 saturated heterocycles. The second kappa shape index (κ2) is 7.85. The van der Waals surface area contributed by atoms with Crippen molar-refractivity contribution in [2.45, 2.75) is 31.9 Å². The van der Waals surface area contributed by atoms with Crippen LogP contribution in [0.15, 0.2) is 30.2 Å².